The van der Waals surface area contributed by atoms with Gasteiger partial charge in [-0.25, -0.2) is 14.3 Å². The number of esters is 1. The van der Waals surface area contributed by atoms with Crippen LogP contribution in [0.15, 0.2) is 24.3 Å². The molecule has 0 fully saturated rings. The van der Waals surface area contributed by atoms with Crippen LogP contribution in [0.25, 0.3) is 10.2 Å². The zero-order chi connectivity index (χ0) is 20.4. The average molecular weight is 441 g/mol. The second-order valence-corrected chi connectivity index (χ2v) is 7.61. The third-order valence-corrected chi connectivity index (χ3v) is 5.61. The van der Waals surface area contributed by atoms with Crippen molar-refractivity contribution in [2.75, 3.05) is 6.61 Å². The number of nitrogens with zero attached hydrogens (tertiary/aromatic N) is 2. The van der Waals surface area contributed by atoms with E-state index in [1.807, 2.05) is 12.2 Å². The fraction of sp³-hybridized carbons (Fsp3) is 0.176. The summed E-state index contributed by atoms with van der Waals surface area (Å²) in [7, 11) is 0. The molecule has 8 nitrogen and oxygen atoms in total. The summed E-state index contributed by atoms with van der Waals surface area (Å²) in [6.45, 7) is 1.53. The van der Waals surface area contributed by atoms with E-state index in [9.17, 15) is 14.4 Å². The number of hydrogen-bond donors (Lipinski definition) is 2. The third kappa shape index (κ3) is 4.27. The molecule has 28 heavy (non-hydrogen) atoms. The summed E-state index contributed by atoms with van der Waals surface area (Å²) >= 11 is 13.6. The van der Waals surface area contributed by atoms with Crippen molar-refractivity contribution in [3.8, 4) is 0 Å². The minimum atomic E-state index is -1.02. The highest BCUT2D eigenvalue weighted by Gasteiger charge is 2.19. The SMILES string of the molecule is Cc1nn(Cc2c(Cl)cccc2Cl)c2sc(C(=O)OCC(=O)NC(N)=O)cc12. The monoisotopic (exact) mass is 440 g/mol. The van der Waals surface area contributed by atoms with E-state index in [0.29, 0.717) is 21.5 Å². The molecule has 0 radical (unpaired) electrons. The number of hydrogen-bond acceptors (Lipinski definition) is 6. The summed E-state index contributed by atoms with van der Waals surface area (Å²) in [6, 6.07) is 5.86. The second-order valence-electron chi connectivity index (χ2n) is 5.76. The first-order chi connectivity index (χ1) is 13.3. The maximum Gasteiger partial charge on any atom is 0.348 e. The van der Waals surface area contributed by atoms with Crippen molar-refractivity contribution < 1.29 is 19.1 Å². The molecule has 2 heterocycles. The van der Waals surface area contributed by atoms with Crippen LogP contribution in [-0.2, 0) is 16.1 Å². The standard InChI is InChI=1S/C17H14Cl2N4O4S/c1-8-9-5-13(16(25)27-7-14(24)21-17(20)26)28-15(9)23(22-8)6-10-11(18)3-2-4-12(10)19/h2-5H,6-7H2,1H3,(H3,20,21,24,26). The fourth-order valence-corrected chi connectivity index (χ4v) is 4.10. The number of nitrogens with one attached hydrogen (secondary N) is 1. The minimum absolute atomic E-state index is 0.293. The molecule has 0 aliphatic heterocycles. The number of aromatic nitrogens is 2. The number of carbonyl (C=O) groups excluding carboxylic acids is 3. The minimum Gasteiger partial charge on any atom is -0.451 e. The van der Waals surface area contributed by atoms with E-state index in [1.54, 1.807) is 28.9 Å². The van der Waals surface area contributed by atoms with Crippen molar-refractivity contribution in [1.82, 2.24) is 15.1 Å². The number of nitrogens with two attached hydrogens (primary N) is 1. The zero-order valence-corrected chi connectivity index (χ0v) is 16.8. The van der Waals surface area contributed by atoms with Crippen LogP contribution in [0.2, 0.25) is 10.0 Å². The lowest BCUT2D eigenvalue weighted by Crippen LogP contribution is -2.37. The Morgan fingerprint density at radius 3 is 2.61 bits per heavy atom. The van der Waals surface area contributed by atoms with Gasteiger partial charge in [-0.3, -0.25) is 10.1 Å². The quantitative estimate of drug-likeness (QED) is 0.591. The van der Waals surface area contributed by atoms with Gasteiger partial charge in [0, 0.05) is 21.0 Å². The van der Waals surface area contributed by atoms with Gasteiger partial charge >= 0.3 is 12.0 Å². The zero-order valence-electron chi connectivity index (χ0n) is 14.5. The highest BCUT2D eigenvalue weighted by molar-refractivity contribution is 7.20. The number of aryl methyl sites for hydroxylation is 1. The van der Waals surface area contributed by atoms with E-state index in [2.05, 4.69) is 5.10 Å². The summed E-state index contributed by atoms with van der Waals surface area (Å²) in [5.74, 6) is -1.50. The Morgan fingerprint density at radius 2 is 1.96 bits per heavy atom. The average Bonchev–Trinajstić information content (AvgIpc) is 3.17. The van der Waals surface area contributed by atoms with Crippen LogP contribution in [0.1, 0.15) is 20.9 Å². The number of thiophene rings is 1. The lowest BCUT2D eigenvalue weighted by molar-refractivity contribution is -0.123. The number of rotatable bonds is 5. The molecule has 11 heteroatoms. The Balaban J connectivity index is 1.82. The van der Waals surface area contributed by atoms with Gasteiger partial charge in [-0.1, -0.05) is 29.3 Å². The van der Waals surface area contributed by atoms with E-state index in [-0.39, 0.29) is 0 Å². The highest BCUT2D eigenvalue weighted by Crippen LogP contribution is 2.31. The van der Waals surface area contributed by atoms with Crippen molar-refractivity contribution in [1.29, 1.82) is 0 Å². The third-order valence-electron chi connectivity index (χ3n) is 3.78. The number of carbonyl (C=O) groups is 3. The molecule has 0 bridgehead atoms. The Kier molecular flexibility index (Phi) is 5.87. The van der Waals surface area contributed by atoms with E-state index in [1.165, 1.54) is 11.3 Å². The molecule has 1 aromatic carbocycles. The summed E-state index contributed by atoms with van der Waals surface area (Å²) in [5, 5.41) is 8.11. The van der Waals surface area contributed by atoms with E-state index < -0.39 is 24.5 Å². The molecule has 2 aromatic heterocycles. The molecule has 146 valence electrons. The fourth-order valence-electron chi connectivity index (χ4n) is 2.53. The van der Waals surface area contributed by atoms with Crippen molar-refractivity contribution in [3.63, 3.8) is 0 Å². The number of primary amides is 1. The summed E-state index contributed by atoms with van der Waals surface area (Å²) in [4.78, 5) is 35.2. The van der Waals surface area contributed by atoms with Gasteiger partial charge in [0.05, 0.1) is 12.2 Å². The number of urea groups is 1. The number of ether oxygens (including phenoxy) is 1. The van der Waals surface area contributed by atoms with Gasteiger partial charge in [0.1, 0.15) is 9.71 Å². The summed E-state index contributed by atoms with van der Waals surface area (Å²) < 4.78 is 6.61. The van der Waals surface area contributed by atoms with Gasteiger partial charge in [0.25, 0.3) is 5.91 Å². The Bertz CT molecular complexity index is 1070. The molecule has 3 rings (SSSR count). The predicted molar refractivity (Wildman–Crippen MR) is 106 cm³/mol. The number of imide groups is 1. The Hall–Kier alpha value is -2.62. The molecular weight excluding hydrogens is 427 g/mol. The number of fused-ring (bicyclic) bond motifs is 1. The van der Waals surface area contributed by atoms with Gasteiger partial charge in [0.2, 0.25) is 0 Å². The topological polar surface area (TPSA) is 116 Å². The number of amides is 3. The largest absolute Gasteiger partial charge is 0.451 e. The Morgan fingerprint density at radius 1 is 1.29 bits per heavy atom. The van der Waals surface area contributed by atoms with Crippen LogP contribution < -0.4 is 11.1 Å². The van der Waals surface area contributed by atoms with Crippen LogP contribution >= 0.6 is 34.5 Å². The van der Waals surface area contributed by atoms with Crippen LogP contribution in [-0.4, -0.2) is 34.3 Å². The number of benzene rings is 1. The van der Waals surface area contributed by atoms with Gasteiger partial charge in [-0.05, 0) is 25.1 Å². The van der Waals surface area contributed by atoms with Crippen molar-refractivity contribution in [2.45, 2.75) is 13.5 Å². The Labute approximate surface area is 173 Å². The molecule has 0 saturated carbocycles. The lowest BCUT2D eigenvalue weighted by Gasteiger charge is -2.07. The molecule has 3 N–H and O–H groups in total. The lowest BCUT2D eigenvalue weighted by atomic mass is 10.2. The predicted octanol–water partition coefficient (Wildman–Crippen LogP) is 3.11. The van der Waals surface area contributed by atoms with Crippen LogP contribution in [0.3, 0.4) is 0 Å². The molecule has 0 aliphatic rings. The molecule has 0 spiro atoms. The van der Waals surface area contributed by atoms with Crippen molar-refractivity contribution in [3.05, 3.63) is 50.4 Å². The van der Waals surface area contributed by atoms with E-state index in [0.717, 1.165) is 21.5 Å². The van der Waals surface area contributed by atoms with Gasteiger partial charge in [-0.2, -0.15) is 5.10 Å². The van der Waals surface area contributed by atoms with E-state index in [4.69, 9.17) is 33.7 Å². The smallest absolute Gasteiger partial charge is 0.348 e. The van der Waals surface area contributed by atoms with Gasteiger partial charge < -0.3 is 10.5 Å². The maximum absolute atomic E-state index is 12.2. The molecule has 0 atom stereocenters. The normalized spacial score (nSPS) is 10.8. The first kappa shape index (κ1) is 20.1. The van der Waals surface area contributed by atoms with E-state index >= 15 is 0 Å². The first-order valence-corrected chi connectivity index (χ1v) is 9.49. The first-order valence-electron chi connectivity index (χ1n) is 7.92. The van der Waals surface area contributed by atoms with Crippen molar-refractivity contribution >= 4 is 62.7 Å². The van der Waals surface area contributed by atoms with Crippen LogP contribution in [0, 0.1) is 6.92 Å². The van der Waals surface area contributed by atoms with Crippen molar-refractivity contribution in [2.24, 2.45) is 5.73 Å². The molecule has 3 aromatic rings. The highest BCUT2D eigenvalue weighted by atomic mass is 35.5. The maximum atomic E-state index is 12.2. The van der Waals surface area contributed by atoms with Crippen LogP contribution in [0.4, 0.5) is 4.79 Å². The summed E-state index contributed by atoms with van der Waals surface area (Å²) in [6.07, 6.45) is 0. The second kappa shape index (κ2) is 8.17. The molecule has 0 saturated heterocycles. The van der Waals surface area contributed by atoms with Gasteiger partial charge in [-0.15, -0.1) is 11.3 Å². The summed E-state index contributed by atoms with van der Waals surface area (Å²) in [5.41, 5.74) is 6.27. The molecular formula is C17H14Cl2N4O4S. The van der Waals surface area contributed by atoms with Gasteiger partial charge in [0.15, 0.2) is 6.61 Å². The molecule has 0 aliphatic carbocycles. The number of halogens is 2. The molecule has 0 unspecified atom stereocenters. The molecule has 3 amide bonds. The van der Waals surface area contributed by atoms with Crippen LogP contribution in [0.5, 0.6) is 0 Å².